The van der Waals surface area contributed by atoms with Crippen molar-refractivity contribution in [1.29, 1.82) is 0 Å². The third-order valence-electron chi connectivity index (χ3n) is 3.50. The van der Waals surface area contributed by atoms with Gasteiger partial charge in [-0.1, -0.05) is 24.8 Å². The van der Waals surface area contributed by atoms with Crippen molar-refractivity contribution in [3.63, 3.8) is 0 Å². The van der Waals surface area contributed by atoms with Crippen LogP contribution in [0.15, 0.2) is 46.7 Å². The van der Waals surface area contributed by atoms with Gasteiger partial charge in [-0.15, -0.1) is 0 Å². The van der Waals surface area contributed by atoms with E-state index < -0.39 is 0 Å². The zero-order valence-corrected chi connectivity index (χ0v) is 15.1. The number of rotatable bonds is 6. The predicted octanol–water partition coefficient (Wildman–Crippen LogP) is 1.95. The lowest BCUT2D eigenvalue weighted by Gasteiger charge is -2.09. The van der Waals surface area contributed by atoms with Gasteiger partial charge in [0.2, 0.25) is 5.91 Å². The van der Waals surface area contributed by atoms with E-state index in [0.29, 0.717) is 22.2 Å². The molecule has 0 bridgehead atoms. The second kappa shape index (κ2) is 7.96. The Balaban J connectivity index is 1.79. The molecule has 0 unspecified atom stereocenters. The first-order valence-electron chi connectivity index (χ1n) is 7.89. The van der Waals surface area contributed by atoms with Gasteiger partial charge in [-0.25, -0.2) is 15.0 Å². The fraction of sp³-hybridized carbons (Fsp3) is 0.235. The number of ether oxygens (including phenoxy) is 1. The number of anilines is 1. The molecule has 0 aliphatic carbocycles. The summed E-state index contributed by atoms with van der Waals surface area (Å²) >= 11 is 1.47. The fourth-order valence-corrected chi connectivity index (χ4v) is 2.84. The topological polar surface area (TPSA) is 99.0 Å². The van der Waals surface area contributed by atoms with Gasteiger partial charge in [0.25, 0.3) is 5.56 Å². The molecule has 1 amide bonds. The van der Waals surface area contributed by atoms with E-state index in [4.69, 9.17) is 4.74 Å². The van der Waals surface area contributed by atoms with Crippen molar-refractivity contribution in [2.45, 2.75) is 18.6 Å². The second-order valence-corrected chi connectivity index (χ2v) is 6.51. The molecular formula is C17H17N5O3S. The number of methoxy groups -OCH3 is 1. The molecule has 0 aliphatic rings. The van der Waals surface area contributed by atoms with Crippen molar-refractivity contribution in [2.75, 3.05) is 18.2 Å². The summed E-state index contributed by atoms with van der Waals surface area (Å²) < 4.78 is 6.35. The van der Waals surface area contributed by atoms with Gasteiger partial charge in [0, 0.05) is 18.0 Å². The van der Waals surface area contributed by atoms with Crippen LogP contribution >= 0.6 is 11.8 Å². The summed E-state index contributed by atoms with van der Waals surface area (Å²) in [5.74, 6) is 1.11. The van der Waals surface area contributed by atoms with Crippen LogP contribution in [-0.2, 0) is 11.3 Å². The maximum Gasteiger partial charge on any atom is 0.264 e. The number of hydrogen-bond acceptors (Lipinski definition) is 7. The fourth-order valence-electron chi connectivity index (χ4n) is 2.31. The first-order chi connectivity index (χ1) is 12.6. The Labute approximate surface area is 153 Å². The monoisotopic (exact) mass is 371 g/mol. The van der Waals surface area contributed by atoms with Gasteiger partial charge >= 0.3 is 0 Å². The molecule has 2 aromatic heterocycles. The van der Waals surface area contributed by atoms with Gasteiger partial charge < -0.3 is 10.1 Å². The first-order valence-corrected chi connectivity index (χ1v) is 8.88. The number of thioether (sulfide) groups is 1. The number of carbonyl (C=O) groups is 1. The molecule has 2 heterocycles. The van der Waals surface area contributed by atoms with Crippen molar-refractivity contribution in [2.24, 2.45) is 0 Å². The van der Waals surface area contributed by atoms with Gasteiger partial charge in [0.15, 0.2) is 10.8 Å². The SMILES string of the molecule is CCSc1ncc2c(=O)n(CC(=O)Nc3cccc(OC)c3)cnc2n1. The second-order valence-electron chi connectivity index (χ2n) is 5.28. The van der Waals surface area contributed by atoms with Crippen LogP contribution in [0.1, 0.15) is 6.92 Å². The van der Waals surface area contributed by atoms with Crippen LogP contribution in [0.5, 0.6) is 5.75 Å². The molecule has 9 heteroatoms. The number of amides is 1. The molecule has 134 valence electrons. The maximum absolute atomic E-state index is 12.5. The van der Waals surface area contributed by atoms with Crippen LogP contribution in [0.2, 0.25) is 0 Å². The smallest absolute Gasteiger partial charge is 0.264 e. The lowest BCUT2D eigenvalue weighted by atomic mass is 10.3. The van der Waals surface area contributed by atoms with Crippen LogP contribution in [0.3, 0.4) is 0 Å². The molecule has 0 saturated heterocycles. The van der Waals surface area contributed by atoms with Crippen LogP contribution < -0.4 is 15.6 Å². The molecule has 26 heavy (non-hydrogen) atoms. The zero-order chi connectivity index (χ0) is 18.5. The summed E-state index contributed by atoms with van der Waals surface area (Å²) in [6.07, 6.45) is 2.77. The number of fused-ring (bicyclic) bond motifs is 1. The van der Waals surface area contributed by atoms with E-state index >= 15 is 0 Å². The quantitative estimate of drug-likeness (QED) is 0.522. The van der Waals surface area contributed by atoms with E-state index in [2.05, 4.69) is 20.3 Å². The van der Waals surface area contributed by atoms with E-state index in [1.54, 1.807) is 31.4 Å². The predicted molar refractivity (Wildman–Crippen MR) is 99.6 cm³/mol. The van der Waals surface area contributed by atoms with Crippen molar-refractivity contribution >= 4 is 34.4 Å². The van der Waals surface area contributed by atoms with Gasteiger partial charge in [0.1, 0.15) is 24.0 Å². The molecule has 0 spiro atoms. The Morgan fingerprint density at radius 3 is 2.96 bits per heavy atom. The Hall–Kier alpha value is -2.94. The Bertz CT molecular complexity index is 1010. The Morgan fingerprint density at radius 1 is 1.35 bits per heavy atom. The highest BCUT2D eigenvalue weighted by molar-refractivity contribution is 7.99. The summed E-state index contributed by atoms with van der Waals surface area (Å²) in [4.78, 5) is 37.3. The highest BCUT2D eigenvalue weighted by Crippen LogP contribution is 2.17. The molecular weight excluding hydrogens is 354 g/mol. The van der Waals surface area contributed by atoms with E-state index in [0.717, 1.165) is 5.75 Å². The molecule has 0 fully saturated rings. The number of carbonyl (C=O) groups excluding carboxylic acids is 1. The Morgan fingerprint density at radius 2 is 2.19 bits per heavy atom. The average Bonchev–Trinajstić information content (AvgIpc) is 2.64. The summed E-state index contributed by atoms with van der Waals surface area (Å²) in [5, 5.41) is 3.57. The minimum absolute atomic E-state index is 0.162. The third kappa shape index (κ3) is 3.99. The molecule has 0 atom stereocenters. The summed E-state index contributed by atoms with van der Waals surface area (Å²) in [6.45, 7) is 1.83. The van der Waals surface area contributed by atoms with Crippen LogP contribution in [0.4, 0.5) is 5.69 Å². The highest BCUT2D eigenvalue weighted by atomic mass is 32.2. The number of nitrogens with one attached hydrogen (secondary N) is 1. The minimum atomic E-state index is -0.358. The van der Waals surface area contributed by atoms with Crippen LogP contribution in [0.25, 0.3) is 11.0 Å². The van der Waals surface area contributed by atoms with Crippen molar-refractivity contribution < 1.29 is 9.53 Å². The molecule has 3 aromatic rings. The van der Waals surface area contributed by atoms with Crippen LogP contribution in [-0.4, -0.2) is 38.3 Å². The number of hydrogen-bond donors (Lipinski definition) is 1. The molecule has 1 aromatic carbocycles. The average molecular weight is 371 g/mol. The van der Waals surface area contributed by atoms with Crippen molar-refractivity contribution in [1.82, 2.24) is 19.5 Å². The zero-order valence-electron chi connectivity index (χ0n) is 14.3. The minimum Gasteiger partial charge on any atom is -0.497 e. The van der Waals surface area contributed by atoms with Gasteiger partial charge in [0.05, 0.1) is 7.11 Å². The molecule has 3 rings (SSSR count). The molecule has 1 N–H and O–H groups in total. The third-order valence-corrected chi connectivity index (χ3v) is 4.24. The Kier molecular flexibility index (Phi) is 5.47. The largest absolute Gasteiger partial charge is 0.497 e. The van der Waals surface area contributed by atoms with E-state index in [1.165, 1.54) is 28.9 Å². The van der Waals surface area contributed by atoms with Gasteiger partial charge in [-0.2, -0.15) is 0 Å². The molecule has 0 radical (unpaired) electrons. The van der Waals surface area contributed by atoms with Crippen LogP contribution in [0, 0.1) is 0 Å². The van der Waals surface area contributed by atoms with E-state index in [1.807, 2.05) is 6.92 Å². The maximum atomic E-state index is 12.5. The summed E-state index contributed by atoms with van der Waals surface area (Å²) in [5.41, 5.74) is 0.551. The lowest BCUT2D eigenvalue weighted by Crippen LogP contribution is -2.28. The number of aromatic nitrogens is 4. The molecule has 0 saturated carbocycles. The van der Waals surface area contributed by atoms with E-state index in [-0.39, 0.29) is 23.4 Å². The summed E-state index contributed by atoms with van der Waals surface area (Å²) in [7, 11) is 1.55. The van der Waals surface area contributed by atoms with Gasteiger partial charge in [-0.05, 0) is 17.9 Å². The standard InChI is InChI=1S/C17H17N5O3S/c1-3-26-17-18-8-13-15(21-17)19-10-22(16(13)24)9-14(23)20-11-5-4-6-12(7-11)25-2/h4-8,10H,3,9H2,1-2H3,(H,20,23). The van der Waals surface area contributed by atoms with Crippen molar-refractivity contribution in [3.05, 3.63) is 47.1 Å². The van der Waals surface area contributed by atoms with Gasteiger partial charge in [-0.3, -0.25) is 14.2 Å². The molecule has 8 nitrogen and oxygen atoms in total. The van der Waals surface area contributed by atoms with Crippen molar-refractivity contribution in [3.8, 4) is 5.75 Å². The van der Waals surface area contributed by atoms with E-state index in [9.17, 15) is 9.59 Å². The lowest BCUT2D eigenvalue weighted by molar-refractivity contribution is -0.116. The number of nitrogens with zero attached hydrogens (tertiary/aromatic N) is 4. The molecule has 0 aliphatic heterocycles. The normalized spacial score (nSPS) is 10.7. The summed E-state index contributed by atoms with van der Waals surface area (Å²) in [6, 6.07) is 6.97. The highest BCUT2D eigenvalue weighted by Gasteiger charge is 2.11. The number of benzene rings is 1. The first kappa shape index (κ1) is 17.9.